The number of thiazole rings is 1. The third-order valence-corrected chi connectivity index (χ3v) is 9.82. The summed E-state index contributed by atoms with van der Waals surface area (Å²) in [5.74, 6) is -1.97. The zero-order valence-corrected chi connectivity index (χ0v) is 25.7. The lowest BCUT2D eigenvalue weighted by molar-refractivity contribution is -0.122. The third kappa shape index (κ3) is 5.96. The fourth-order valence-corrected chi connectivity index (χ4v) is 7.92. The highest BCUT2D eigenvalue weighted by atomic mass is 32.2. The number of nitrogens with zero attached hydrogens (tertiary/aromatic N) is 1. The number of amides is 3. The van der Waals surface area contributed by atoms with Crippen LogP contribution in [0.25, 0.3) is 0 Å². The summed E-state index contributed by atoms with van der Waals surface area (Å²) in [6.45, 7) is 1.68. The highest BCUT2D eigenvalue weighted by Crippen LogP contribution is 2.53. The number of carbonyl (C=O) groups excluding carboxylic acids is 4. The van der Waals surface area contributed by atoms with E-state index in [1.165, 1.54) is 23.8 Å². The average Bonchev–Trinajstić information content (AvgIpc) is 3.54. The Morgan fingerprint density at radius 1 is 0.956 bits per heavy atom. The summed E-state index contributed by atoms with van der Waals surface area (Å²) in [5.41, 5.74) is 1.97. The number of esters is 1. The van der Waals surface area contributed by atoms with Gasteiger partial charge in [0.25, 0.3) is 5.91 Å². The largest absolute Gasteiger partial charge is 0.497 e. The number of hydrogen-bond donors (Lipinski definition) is 2. The maximum Gasteiger partial charge on any atom is 0.338 e. The third-order valence-electron chi connectivity index (χ3n) is 7.42. The van der Waals surface area contributed by atoms with E-state index < -0.39 is 29.0 Å². The number of aromatic amines is 1. The molecule has 6 rings (SSSR count). The normalized spacial score (nSPS) is 18.6. The van der Waals surface area contributed by atoms with Gasteiger partial charge in [-0.05, 0) is 73.2 Å². The fraction of sp³-hybridized carbons (Fsp3) is 0.219. The van der Waals surface area contributed by atoms with Crippen LogP contribution in [0.1, 0.15) is 33.6 Å². The van der Waals surface area contributed by atoms with E-state index in [2.05, 4.69) is 10.3 Å². The molecule has 0 saturated carbocycles. The van der Waals surface area contributed by atoms with Crippen molar-refractivity contribution < 1.29 is 33.4 Å². The zero-order valence-electron chi connectivity index (χ0n) is 24.1. The Labute approximate surface area is 265 Å². The lowest BCUT2D eigenvalue weighted by Crippen LogP contribution is -2.32. The molecule has 45 heavy (non-hydrogen) atoms. The number of methoxy groups -OCH3 is 1. The summed E-state index contributed by atoms with van der Waals surface area (Å²) in [7, 11) is 1.54. The molecule has 3 unspecified atom stereocenters. The number of aromatic nitrogens is 1. The number of anilines is 2. The number of benzene rings is 3. The predicted octanol–water partition coefficient (Wildman–Crippen LogP) is 4.44. The Hall–Kier alpha value is -4.88. The highest BCUT2D eigenvalue weighted by molar-refractivity contribution is 8.00. The Morgan fingerprint density at radius 2 is 1.71 bits per heavy atom. The minimum Gasteiger partial charge on any atom is -0.497 e. The maximum atomic E-state index is 13.9. The van der Waals surface area contributed by atoms with Gasteiger partial charge >= 0.3 is 10.8 Å². The lowest BCUT2D eigenvalue weighted by atomic mass is 9.83. The molecule has 13 heteroatoms. The molecule has 0 bridgehead atoms. The molecule has 2 aliphatic heterocycles. The molecule has 11 nitrogen and oxygen atoms in total. The van der Waals surface area contributed by atoms with Crippen molar-refractivity contribution in [1.82, 2.24) is 4.98 Å². The number of ether oxygens (including phenoxy) is 3. The van der Waals surface area contributed by atoms with Crippen LogP contribution >= 0.6 is 23.1 Å². The van der Waals surface area contributed by atoms with Crippen molar-refractivity contribution in [2.75, 3.05) is 30.5 Å². The minimum absolute atomic E-state index is 0.264. The van der Waals surface area contributed by atoms with Crippen molar-refractivity contribution in [3.63, 3.8) is 0 Å². The minimum atomic E-state index is -0.764. The van der Waals surface area contributed by atoms with Gasteiger partial charge in [-0.3, -0.25) is 19.2 Å². The second-order valence-corrected chi connectivity index (χ2v) is 12.3. The number of imide groups is 1. The number of nitrogens with one attached hydrogen (secondary N) is 2. The zero-order chi connectivity index (χ0) is 31.7. The average molecular weight is 646 g/mol. The standard InChI is InChI=1S/C32H27N3O8S2/c1-3-42-31(39)17-7-9-19(10-8-17)33-23(36)16-43-22-6-4-5-18(15-22)24-25-27(44-28-26(24)45-32(40)34-28)30(38)35(29(25)37)20-11-13-21(41-2)14-12-20/h4-15,24-25,27H,3,16H2,1-2H3,(H,33,36)(H,34,40). The van der Waals surface area contributed by atoms with Crippen LogP contribution in [0, 0.1) is 5.92 Å². The SMILES string of the molecule is CCOC(=O)c1ccc(NC(=O)COc2cccc(C3c4sc(=O)[nH]c4SC4C(=O)N(c5ccc(OC)cc5)C(=O)C43)c2)cc1. The van der Waals surface area contributed by atoms with Gasteiger partial charge in [0.1, 0.15) is 16.7 Å². The first kappa shape index (κ1) is 30.2. The van der Waals surface area contributed by atoms with Crippen molar-refractivity contribution in [3.05, 3.63) is 98.5 Å². The number of H-pyrrole nitrogens is 1. The number of hydrogen-bond acceptors (Lipinski definition) is 10. The Kier molecular flexibility index (Phi) is 8.46. The van der Waals surface area contributed by atoms with Crippen molar-refractivity contribution in [1.29, 1.82) is 0 Å². The van der Waals surface area contributed by atoms with E-state index in [1.54, 1.807) is 73.7 Å². The molecule has 230 valence electrons. The van der Waals surface area contributed by atoms with Crippen LogP contribution in [-0.2, 0) is 19.1 Å². The maximum absolute atomic E-state index is 13.9. The number of fused-ring (bicyclic) bond motifs is 2. The molecule has 1 fully saturated rings. The topological polar surface area (TPSA) is 144 Å². The lowest BCUT2D eigenvalue weighted by Gasteiger charge is -2.30. The van der Waals surface area contributed by atoms with Crippen molar-refractivity contribution in [2.45, 2.75) is 23.1 Å². The van der Waals surface area contributed by atoms with Gasteiger partial charge in [0, 0.05) is 16.5 Å². The molecule has 2 aliphatic rings. The van der Waals surface area contributed by atoms with E-state index in [1.807, 2.05) is 6.07 Å². The summed E-state index contributed by atoms with van der Waals surface area (Å²) >= 11 is 2.21. The molecule has 3 heterocycles. The summed E-state index contributed by atoms with van der Waals surface area (Å²) < 4.78 is 16.0. The van der Waals surface area contributed by atoms with E-state index in [4.69, 9.17) is 14.2 Å². The highest BCUT2D eigenvalue weighted by Gasteiger charge is 2.56. The number of carbonyl (C=O) groups is 4. The second kappa shape index (κ2) is 12.6. The summed E-state index contributed by atoms with van der Waals surface area (Å²) in [6.07, 6.45) is 0. The molecule has 1 aromatic heterocycles. The molecular formula is C32H27N3O8S2. The molecule has 2 N–H and O–H groups in total. The Morgan fingerprint density at radius 3 is 2.42 bits per heavy atom. The molecule has 4 aromatic rings. The first-order valence-corrected chi connectivity index (χ1v) is 15.7. The van der Waals surface area contributed by atoms with E-state index in [0.717, 1.165) is 11.3 Å². The molecular weight excluding hydrogens is 618 g/mol. The number of thioether (sulfide) groups is 1. The van der Waals surface area contributed by atoms with Crippen LogP contribution < -0.4 is 24.6 Å². The van der Waals surface area contributed by atoms with Gasteiger partial charge in [-0.1, -0.05) is 35.2 Å². The smallest absolute Gasteiger partial charge is 0.338 e. The van der Waals surface area contributed by atoms with E-state index in [-0.39, 0.29) is 29.9 Å². The first-order chi connectivity index (χ1) is 21.8. The molecule has 1 saturated heterocycles. The van der Waals surface area contributed by atoms with Crippen LogP contribution in [-0.4, -0.2) is 54.2 Å². The second-order valence-electron chi connectivity index (χ2n) is 10.2. The molecule has 3 atom stereocenters. The van der Waals surface area contributed by atoms with Crippen molar-refractivity contribution in [2.24, 2.45) is 5.92 Å². The summed E-state index contributed by atoms with van der Waals surface area (Å²) in [5, 5.41) is 2.54. The quantitative estimate of drug-likeness (QED) is 0.200. The van der Waals surface area contributed by atoms with Crippen molar-refractivity contribution >= 4 is 58.2 Å². The molecule has 0 radical (unpaired) electrons. The monoisotopic (exact) mass is 645 g/mol. The summed E-state index contributed by atoms with van der Waals surface area (Å²) in [4.78, 5) is 68.9. The van der Waals surface area contributed by atoms with E-state index >= 15 is 0 Å². The number of rotatable bonds is 9. The van der Waals surface area contributed by atoms with Crippen LogP contribution in [0.5, 0.6) is 11.5 Å². The van der Waals surface area contributed by atoms with E-state index in [9.17, 15) is 24.0 Å². The van der Waals surface area contributed by atoms with Crippen LogP contribution in [0.2, 0.25) is 0 Å². The van der Waals surface area contributed by atoms with Gasteiger partial charge in [0.05, 0.1) is 35.9 Å². The van der Waals surface area contributed by atoms with Gasteiger partial charge in [-0.25, -0.2) is 9.69 Å². The molecule has 3 amide bonds. The molecule has 0 spiro atoms. The predicted molar refractivity (Wildman–Crippen MR) is 168 cm³/mol. The van der Waals surface area contributed by atoms with Gasteiger partial charge in [0.15, 0.2) is 6.61 Å². The Balaban J connectivity index is 1.21. The van der Waals surface area contributed by atoms with Gasteiger partial charge in [-0.2, -0.15) is 0 Å². The molecule has 3 aromatic carbocycles. The Bertz CT molecular complexity index is 1830. The van der Waals surface area contributed by atoms with Gasteiger partial charge in [0.2, 0.25) is 11.8 Å². The summed E-state index contributed by atoms with van der Waals surface area (Å²) in [6, 6.07) is 20.0. The van der Waals surface area contributed by atoms with Gasteiger partial charge < -0.3 is 24.5 Å². The van der Waals surface area contributed by atoms with Crippen molar-refractivity contribution in [3.8, 4) is 11.5 Å². The van der Waals surface area contributed by atoms with E-state index in [0.29, 0.717) is 43.9 Å². The van der Waals surface area contributed by atoms with Crippen LogP contribution in [0.15, 0.2) is 82.6 Å². The van der Waals surface area contributed by atoms with Crippen LogP contribution in [0.3, 0.4) is 0 Å². The van der Waals surface area contributed by atoms with Crippen LogP contribution in [0.4, 0.5) is 11.4 Å². The first-order valence-electron chi connectivity index (χ1n) is 14.0. The van der Waals surface area contributed by atoms with Gasteiger partial charge in [-0.15, -0.1) is 0 Å². The fourth-order valence-electron chi connectivity index (χ4n) is 5.41. The molecule has 0 aliphatic carbocycles.